The lowest BCUT2D eigenvalue weighted by Crippen LogP contribution is -2.38. The summed E-state index contributed by atoms with van der Waals surface area (Å²) in [4.78, 5) is 0.300. The zero-order valence-corrected chi connectivity index (χ0v) is 11.5. The van der Waals surface area contributed by atoms with Crippen LogP contribution in [0, 0.1) is 11.8 Å². The number of fused-ring (bicyclic) bond motifs is 2. The minimum Gasteiger partial charge on any atom is -0.324 e. The Morgan fingerprint density at radius 1 is 1.11 bits per heavy atom. The van der Waals surface area contributed by atoms with E-state index in [2.05, 4.69) is 10.1 Å². The molecule has 2 fully saturated rings. The first-order chi connectivity index (χ1) is 9.08. The molecule has 0 aromatic heterocycles. The van der Waals surface area contributed by atoms with Crippen LogP contribution in [0.15, 0.2) is 29.2 Å². The van der Waals surface area contributed by atoms with E-state index in [-0.39, 0.29) is 6.04 Å². The average Bonchev–Trinajstić information content (AvgIpc) is 3.00. The monoisotopic (exact) mass is 281 g/mol. The van der Waals surface area contributed by atoms with Crippen LogP contribution in [0.3, 0.4) is 0 Å². The summed E-state index contributed by atoms with van der Waals surface area (Å²) < 4.78 is 27.5. The van der Waals surface area contributed by atoms with Crippen molar-refractivity contribution in [3.8, 4) is 0 Å². The molecular weight excluding hydrogens is 262 g/mol. The lowest BCUT2D eigenvalue weighted by molar-refractivity contribution is 0.390. The Bertz CT molecular complexity index is 556. The van der Waals surface area contributed by atoms with Gasteiger partial charge in [-0.25, -0.2) is 13.1 Å². The van der Waals surface area contributed by atoms with E-state index in [4.69, 9.17) is 5.84 Å². The second kappa shape index (κ2) is 4.77. The molecule has 2 aliphatic carbocycles. The molecule has 2 saturated carbocycles. The molecule has 2 bridgehead atoms. The van der Waals surface area contributed by atoms with Crippen molar-refractivity contribution >= 4 is 15.7 Å². The van der Waals surface area contributed by atoms with Crippen LogP contribution in [-0.2, 0) is 10.0 Å². The Balaban J connectivity index is 1.75. The molecule has 0 spiro atoms. The quantitative estimate of drug-likeness (QED) is 0.576. The molecule has 6 heteroatoms. The number of benzene rings is 1. The Hall–Kier alpha value is -1.11. The predicted molar refractivity (Wildman–Crippen MR) is 73.8 cm³/mol. The molecule has 1 aromatic rings. The van der Waals surface area contributed by atoms with Gasteiger partial charge in [0.05, 0.1) is 4.90 Å². The van der Waals surface area contributed by atoms with Crippen LogP contribution in [0.1, 0.15) is 25.7 Å². The summed E-state index contributed by atoms with van der Waals surface area (Å²) in [6, 6.07) is 6.59. The van der Waals surface area contributed by atoms with Gasteiger partial charge in [0.2, 0.25) is 10.0 Å². The van der Waals surface area contributed by atoms with Crippen molar-refractivity contribution in [2.75, 3.05) is 5.43 Å². The van der Waals surface area contributed by atoms with Crippen LogP contribution < -0.4 is 16.0 Å². The molecule has 3 atom stereocenters. The van der Waals surface area contributed by atoms with E-state index in [1.807, 2.05) is 0 Å². The maximum absolute atomic E-state index is 12.3. The summed E-state index contributed by atoms with van der Waals surface area (Å²) in [6.07, 6.45) is 4.60. The highest BCUT2D eigenvalue weighted by atomic mass is 32.2. The zero-order valence-electron chi connectivity index (χ0n) is 10.7. The number of hydrazine groups is 1. The van der Waals surface area contributed by atoms with Crippen molar-refractivity contribution in [2.45, 2.75) is 36.6 Å². The van der Waals surface area contributed by atoms with Gasteiger partial charge < -0.3 is 5.43 Å². The van der Waals surface area contributed by atoms with Gasteiger partial charge in [0.15, 0.2) is 0 Å². The van der Waals surface area contributed by atoms with Gasteiger partial charge in [-0.2, -0.15) is 0 Å². The molecule has 19 heavy (non-hydrogen) atoms. The van der Waals surface area contributed by atoms with Gasteiger partial charge in [0.1, 0.15) is 0 Å². The third kappa shape index (κ3) is 2.48. The molecule has 1 aromatic carbocycles. The zero-order chi connectivity index (χ0) is 13.5. The summed E-state index contributed by atoms with van der Waals surface area (Å²) in [5.74, 6) is 6.52. The van der Waals surface area contributed by atoms with Crippen molar-refractivity contribution in [1.82, 2.24) is 4.72 Å². The molecule has 3 rings (SSSR count). The molecule has 2 aliphatic rings. The summed E-state index contributed by atoms with van der Waals surface area (Å²) in [7, 11) is -3.41. The first-order valence-corrected chi connectivity index (χ1v) is 8.16. The first-order valence-electron chi connectivity index (χ1n) is 6.67. The number of hydrogen-bond donors (Lipinski definition) is 3. The Morgan fingerprint density at radius 2 is 1.84 bits per heavy atom. The largest absolute Gasteiger partial charge is 0.324 e. The fourth-order valence-corrected chi connectivity index (χ4v) is 4.70. The highest BCUT2D eigenvalue weighted by Crippen LogP contribution is 2.44. The van der Waals surface area contributed by atoms with E-state index in [9.17, 15) is 8.42 Å². The predicted octanol–water partition coefficient (Wildman–Crippen LogP) is 1.44. The number of sulfonamides is 1. The second-order valence-electron chi connectivity index (χ2n) is 5.57. The number of anilines is 1. The van der Waals surface area contributed by atoms with Crippen molar-refractivity contribution in [1.29, 1.82) is 0 Å². The van der Waals surface area contributed by atoms with Gasteiger partial charge in [-0.3, -0.25) is 5.84 Å². The highest BCUT2D eigenvalue weighted by molar-refractivity contribution is 7.89. The first kappa shape index (κ1) is 12.9. The van der Waals surface area contributed by atoms with Crippen LogP contribution in [0.5, 0.6) is 0 Å². The highest BCUT2D eigenvalue weighted by Gasteiger charge is 2.41. The number of rotatable bonds is 4. The van der Waals surface area contributed by atoms with Gasteiger partial charge in [0.25, 0.3) is 0 Å². The van der Waals surface area contributed by atoms with E-state index in [1.54, 1.807) is 24.3 Å². The van der Waals surface area contributed by atoms with Gasteiger partial charge >= 0.3 is 0 Å². The molecule has 0 aliphatic heterocycles. The molecule has 4 N–H and O–H groups in total. The SMILES string of the molecule is NNc1ccc(S(=O)(=O)NC2CC3CCC2C3)cc1. The van der Waals surface area contributed by atoms with E-state index in [1.165, 1.54) is 12.8 Å². The van der Waals surface area contributed by atoms with Crippen molar-refractivity contribution in [3.05, 3.63) is 24.3 Å². The number of nitrogens with two attached hydrogens (primary N) is 1. The summed E-state index contributed by atoms with van der Waals surface area (Å²) in [6.45, 7) is 0. The van der Waals surface area contributed by atoms with E-state index >= 15 is 0 Å². The Labute approximate surface area is 113 Å². The third-order valence-corrected chi connectivity index (χ3v) is 5.88. The van der Waals surface area contributed by atoms with Gasteiger partial charge in [0, 0.05) is 11.7 Å². The molecule has 5 nitrogen and oxygen atoms in total. The third-order valence-electron chi connectivity index (χ3n) is 4.38. The lowest BCUT2D eigenvalue weighted by Gasteiger charge is -2.22. The fraction of sp³-hybridized carbons (Fsp3) is 0.538. The molecular formula is C13H19N3O2S. The minimum atomic E-state index is -3.41. The summed E-state index contributed by atoms with van der Waals surface area (Å²) in [5, 5.41) is 0. The standard InChI is InChI=1S/C13H19N3O2S/c14-15-11-3-5-12(6-4-11)19(17,18)16-13-8-9-1-2-10(13)7-9/h3-6,9-10,13,15-16H,1-2,7-8,14H2. The van der Waals surface area contributed by atoms with E-state index in [0.29, 0.717) is 16.5 Å². The average molecular weight is 281 g/mol. The van der Waals surface area contributed by atoms with Crippen molar-refractivity contribution in [3.63, 3.8) is 0 Å². The number of nitrogen functional groups attached to an aromatic ring is 1. The smallest absolute Gasteiger partial charge is 0.240 e. The molecule has 3 unspecified atom stereocenters. The van der Waals surface area contributed by atoms with E-state index in [0.717, 1.165) is 18.8 Å². The maximum Gasteiger partial charge on any atom is 0.240 e. The summed E-state index contributed by atoms with van der Waals surface area (Å²) in [5.41, 5.74) is 3.18. The molecule has 104 valence electrons. The molecule has 0 radical (unpaired) electrons. The van der Waals surface area contributed by atoms with Crippen molar-refractivity contribution < 1.29 is 8.42 Å². The molecule has 0 saturated heterocycles. The minimum absolute atomic E-state index is 0.121. The molecule has 0 amide bonds. The van der Waals surface area contributed by atoms with Gasteiger partial charge in [-0.05, 0) is 55.4 Å². The second-order valence-corrected chi connectivity index (χ2v) is 7.29. The maximum atomic E-state index is 12.3. The summed E-state index contributed by atoms with van der Waals surface area (Å²) >= 11 is 0. The van der Waals surface area contributed by atoms with Crippen LogP contribution >= 0.6 is 0 Å². The lowest BCUT2D eigenvalue weighted by atomic mass is 9.96. The van der Waals surface area contributed by atoms with Crippen LogP contribution in [0.2, 0.25) is 0 Å². The van der Waals surface area contributed by atoms with Crippen LogP contribution in [0.4, 0.5) is 5.69 Å². The van der Waals surface area contributed by atoms with Crippen molar-refractivity contribution in [2.24, 2.45) is 17.7 Å². The Kier molecular flexibility index (Phi) is 3.24. The van der Waals surface area contributed by atoms with Gasteiger partial charge in [-0.15, -0.1) is 0 Å². The molecule has 0 heterocycles. The van der Waals surface area contributed by atoms with E-state index < -0.39 is 10.0 Å². The Morgan fingerprint density at radius 3 is 2.37 bits per heavy atom. The van der Waals surface area contributed by atoms with Crippen LogP contribution in [0.25, 0.3) is 0 Å². The topological polar surface area (TPSA) is 84.2 Å². The normalized spacial score (nSPS) is 29.6. The number of hydrogen-bond acceptors (Lipinski definition) is 4. The van der Waals surface area contributed by atoms with Crippen LogP contribution in [-0.4, -0.2) is 14.5 Å². The van der Waals surface area contributed by atoms with Gasteiger partial charge in [-0.1, -0.05) is 6.42 Å². The fourth-order valence-electron chi connectivity index (χ4n) is 3.39. The number of nitrogens with one attached hydrogen (secondary N) is 2.